The Morgan fingerprint density at radius 1 is 1.29 bits per heavy atom. The first-order chi connectivity index (χ1) is 9.99. The lowest BCUT2D eigenvalue weighted by Crippen LogP contribution is -2.40. The number of hydrogen-bond donors (Lipinski definition) is 2. The van der Waals surface area contributed by atoms with Crippen LogP contribution in [0.25, 0.3) is 11.3 Å². The van der Waals surface area contributed by atoms with Crippen molar-refractivity contribution in [3.05, 3.63) is 48.0 Å². The van der Waals surface area contributed by atoms with Crippen molar-refractivity contribution in [1.82, 2.24) is 5.32 Å². The third kappa shape index (κ3) is 3.70. The van der Waals surface area contributed by atoms with Gasteiger partial charge in [0, 0.05) is 0 Å². The Hall–Kier alpha value is -2.14. The monoisotopic (exact) mass is 291 g/mol. The quantitative estimate of drug-likeness (QED) is 0.857. The predicted molar refractivity (Wildman–Crippen MR) is 77.2 cm³/mol. The van der Waals surface area contributed by atoms with E-state index in [1.165, 1.54) is 6.07 Å². The summed E-state index contributed by atoms with van der Waals surface area (Å²) in [4.78, 5) is 11.1. The van der Waals surface area contributed by atoms with Crippen LogP contribution in [0.4, 0.5) is 4.39 Å². The van der Waals surface area contributed by atoms with E-state index in [1.54, 1.807) is 30.3 Å². The molecule has 0 saturated heterocycles. The van der Waals surface area contributed by atoms with Gasteiger partial charge in [0.1, 0.15) is 23.4 Å². The second-order valence-electron chi connectivity index (χ2n) is 5.19. The highest BCUT2D eigenvalue weighted by Crippen LogP contribution is 2.24. The SMILES string of the molecule is CC(C)[C@@H](NCc1ccc(-c2ccccc2F)o1)C(=O)O. The third-order valence-electron chi connectivity index (χ3n) is 3.23. The highest BCUT2D eigenvalue weighted by Gasteiger charge is 2.21. The van der Waals surface area contributed by atoms with Gasteiger partial charge in [0.05, 0.1) is 12.1 Å². The smallest absolute Gasteiger partial charge is 0.320 e. The Kier molecular flexibility index (Phi) is 4.75. The van der Waals surface area contributed by atoms with E-state index in [4.69, 9.17) is 9.52 Å². The molecule has 0 saturated carbocycles. The first kappa shape index (κ1) is 15.3. The highest BCUT2D eigenvalue weighted by atomic mass is 19.1. The molecule has 0 aliphatic heterocycles. The van der Waals surface area contributed by atoms with Crippen molar-refractivity contribution >= 4 is 5.97 Å². The van der Waals surface area contributed by atoms with Gasteiger partial charge in [-0.15, -0.1) is 0 Å². The largest absolute Gasteiger partial charge is 0.480 e. The fourth-order valence-electron chi connectivity index (χ4n) is 2.10. The number of rotatable bonds is 6. The second kappa shape index (κ2) is 6.54. The summed E-state index contributed by atoms with van der Waals surface area (Å²) in [6, 6.07) is 9.11. The molecule has 4 nitrogen and oxygen atoms in total. The first-order valence-electron chi connectivity index (χ1n) is 6.79. The molecule has 0 unspecified atom stereocenters. The molecule has 1 atom stereocenters. The Balaban J connectivity index is 2.07. The number of furan rings is 1. The average molecular weight is 291 g/mol. The number of carbonyl (C=O) groups is 1. The minimum absolute atomic E-state index is 0.0384. The molecule has 2 rings (SSSR count). The maximum atomic E-state index is 13.7. The zero-order chi connectivity index (χ0) is 15.4. The number of aliphatic carboxylic acids is 1. The summed E-state index contributed by atoms with van der Waals surface area (Å²) in [5.74, 6) is -0.284. The summed E-state index contributed by atoms with van der Waals surface area (Å²) in [6.07, 6.45) is 0. The fourth-order valence-corrected chi connectivity index (χ4v) is 2.10. The average Bonchev–Trinajstić information content (AvgIpc) is 2.87. The Morgan fingerprint density at radius 3 is 2.62 bits per heavy atom. The molecule has 2 aromatic rings. The first-order valence-corrected chi connectivity index (χ1v) is 6.79. The molecule has 5 heteroatoms. The van der Waals surface area contributed by atoms with Gasteiger partial charge in [-0.1, -0.05) is 26.0 Å². The normalized spacial score (nSPS) is 12.6. The van der Waals surface area contributed by atoms with Gasteiger partial charge in [-0.25, -0.2) is 4.39 Å². The standard InChI is InChI=1S/C16H18FNO3/c1-10(2)15(16(19)20)18-9-11-7-8-14(21-11)12-5-3-4-6-13(12)17/h3-8,10,15,18H,9H2,1-2H3,(H,19,20)/t15-/m1/s1. The zero-order valence-corrected chi connectivity index (χ0v) is 12.0. The summed E-state index contributed by atoms with van der Waals surface area (Å²) >= 11 is 0. The predicted octanol–water partition coefficient (Wildman–Crippen LogP) is 3.28. The van der Waals surface area contributed by atoms with Gasteiger partial charge in [0.15, 0.2) is 0 Å². The van der Waals surface area contributed by atoms with Crippen LogP contribution in [-0.2, 0) is 11.3 Å². The summed E-state index contributed by atoms with van der Waals surface area (Å²) in [6.45, 7) is 3.95. The van der Waals surface area contributed by atoms with Crippen molar-refractivity contribution in [3.63, 3.8) is 0 Å². The van der Waals surface area contributed by atoms with Gasteiger partial charge in [0.25, 0.3) is 0 Å². The molecule has 0 aliphatic rings. The number of carboxylic acids is 1. The van der Waals surface area contributed by atoms with E-state index in [0.29, 0.717) is 17.1 Å². The van der Waals surface area contributed by atoms with E-state index >= 15 is 0 Å². The molecule has 1 aromatic heterocycles. The molecule has 0 fully saturated rings. The van der Waals surface area contributed by atoms with E-state index in [1.807, 2.05) is 13.8 Å². The number of hydrogen-bond acceptors (Lipinski definition) is 3. The van der Waals surface area contributed by atoms with Crippen molar-refractivity contribution in [2.24, 2.45) is 5.92 Å². The molecule has 0 spiro atoms. The van der Waals surface area contributed by atoms with Crippen LogP contribution in [0.15, 0.2) is 40.8 Å². The third-order valence-corrected chi connectivity index (χ3v) is 3.23. The summed E-state index contributed by atoms with van der Waals surface area (Å²) in [5, 5.41) is 12.0. The van der Waals surface area contributed by atoms with Crippen molar-refractivity contribution in [2.45, 2.75) is 26.4 Å². The lowest BCUT2D eigenvalue weighted by Gasteiger charge is -2.16. The summed E-state index contributed by atoms with van der Waals surface area (Å²) in [7, 11) is 0. The van der Waals surface area contributed by atoms with Gasteiger partial charge in [-0.05, 0) is 30.2 Å². The molecule has 21 heavy (non-hydrogen) atoms. The second-order valence-corrected chi connectivity index (χ2v) is 5.19. The molecule has 0 bridgehead atoms. The zero-order valence-electron chi connectivity index (χ0n) is 12.0. The van der Waals surface area contributed by atoms with Crippen LogP contribution in [-0.4, -0.2) is 17.1 Å². The van der Waals surface area contributed by atoms with Crippen LogP contribution in [0.1, 0.15) is 19.6 Å². The van der Waals surface area contributed by atoms with E-state index in [-0.39, 0.29) is 18.3 Å². The Labute approximate surface area is 122 Å². The lowest BCUT2D eigenvalue weighted by atomic mass is 10.1. The van der Waals surface area contributed by atoms with E-state index < -0.39 is 12.0 Å². The number of carboxylic acid groups (broad SMARTS) is 1. The number of benzene rings is 1. The number of nitrogens with one attached hydrogen (secondary N) is 1. The van der Waals surface area contributed by atoms with Crippen molar-refractivity contribution in [2.75, 3.05) is 0 Å². The molecule has 1 aromatic carbocycles. The van der Waals surface area contributed by atoms with Gasteiger partial charge in [-0.2, -0.15) is 0 Å². The molecule has 0 radical (unpaired) electrons. The van der Waals surface area contributed by atoms with E-state index in [9.17, 15) is 9.18 Å². The van der Waals surface area contributed by atoms with Crippen LogP contribution in [0, 0.1) is 11.7 Å². The van der Waals surface area contributed by atoms with Crippen LogP contribution < -0.4 is 5.32 Å². The summed E-state index contributed by atoms with van der Waals surface area (Å²) < 4.78 is 19.2. The van der Waals surface area contributed by atoms with Crippen LogP contribution in [0.5, 0.6) is 0 Å². The van der Waals surface area contributed by atoms with Gasteiger partial charge in [-0.3, -0.25) is 10.1 Å². The van der Waals surface area contributed by atoms with Gasteiger partial charge >= 0.3 is 5.97 Å². The van der Waals surface area contributed by atoms with E-state index in [2.05, 4.69) is 5.32 Å². The van der Waals surface area contributed by atoms with Crippen LogP contribution in [0.3, 0.4) is 0 Å². The lowest BCUT2D eigenvalue weighted by molar-refractivity contribution is -0.140. The molecule has 112 valence electrons. The molecule has 1 heterocycles. The molecule has 0 amide bonds. The Morgan fingerprint density at radius 2 is 2.00 bits per heavy atom. The molecule has 0 aliphatic carbocycles. The van der Waals surface area contributed by atoms with E-state index in [0.717, 1.165) is 0 Å². The van der Waals surface area contributed by atoms with Crippen molar-refractivity contribution in [3.8, 4) is 11.3 Å². The van der Waals surface area contributed by atoms with Gasteiger partial charge in [0.2, 0.25) is 0 Å². The fraction of sp³-hybridized carbons (Fsp3) is 0.312. The van der Waals surface area contributed by atoms with Gasteiger partial charge < -0.3 is 9.52 Å². The van der Waals surface area contributed by atoms with Crippen LogP contribution in [0.2, 0.25) is 0 Å². The molecular formula is C16H18FNO3. The molecule has 2 N–H and O–H groups in total. The highest BCUT2D eigenvalue weighted by molar-refractivity contribution is 5.73. The summed E-state index contributed by atoms with van der Waals surface area (Å²) in [5.41, 5.74) is 0.391. The topological polar surface area (TPSA) is 62.5 Å². The maximum absolute atomic E-state index is 13.7. The molecular weight excluding hydrogens is 273 g/mol. The minimum Gasteiger partial charge on any atom is -0.480 e. The van der Waals surface area contributed by atoms with Crippen molar-refractivity contribution < 1.29 is 18.7 Å². The van der Waals surface area contributed by atoms with Crippen LogP contribution >= 0.6 is 0 Å². The maximum Gasteiger partial charge on any atom is 0.320 e. The Bertz CT molecular complexity index is 621. The number of halogens is 1. The minimum atomic E-state index is -0.897. The van der Waals surface area contributed by atoms with Crippen molar-refractivity contribution in [1.29, 1.82) is 0 Å².